The summed E-state index contributed by atoms with van der Waals surface area (Å²) in [4.78, 5) is 0. The van der Waals surface area contributed by atoms with Gasteiger partial charge in [0.2, 0.25) is 0 Å². The molecule has 54 valence electrons. The Kier molecular flexibility index (Phi) is 2.82. The lowest BCUT2D eigenvalue weighted by Gasteiger charge is -2.05. The molecule has 1 fully saturated rings. The van der Waals surface area contributed by atoms with E-state index in [9.17, 15) is 0 Å². The molecule has 0 aliphatic carbocycles. The molecule has 0 aromatic heterocycles. The SMILES string of the molecule is OC1CNC(CCS)C1. The molecule has 2 unspecified atom stereocenters. The topological polar surface area (TPSA) is 32.3 Å². The molecular formula is C6H13NOS. The lowest BCUT2D eigenvalue weighted by molar-refractivity contribution is 0.193. The van der Waals surface area contributed by atoms with Gasteiger partial charge in [-0.25, -0.2) is 0 Å². The van der Waals surface area contributed by atoms with Crippen molar-refractivity contribution in [2.24, 2.45) is 0 Å². The van der Waals surface area contributed by atoms with Crippen molar-refractivity contribution >= 4 is 12.6 Å². The first-order valence-corrected chi connectivity index (χ1v) is 3.98. The summed E-state index contributed by atoms with van der Waals surface area (Å²) in [6.07, 6.45) is 1.86. The predicted octanol–water partition coefficient (Wildman–Crippen LogP) is 0.0291. The number of aliphatic hydroxyl groups excluding tert-OH is 1. The second kappa shape index (κ2) is 3.44. The highest BCUT2D eigenvalue weighted by Crippen LogP contribution is 2.09. The van der Waals surface area contributed by atoms with E-state index in [4.69, 9.17) is 5.11 Å². The van der Waals surface area contributed by atoms with Gasteiger partial charge in [-0.1, -0.05) is 0 Å². The van der Waals surface area contributed by atoms with E-state index in [1.165, 1.54) is 0 Å². The van der Waals surface area contributed by atoms with E-state index < -0.39 is 0 Å². The molecular weight excluding hydrogens is 134 g/mol. The molecule has 0 radical (unpaired) electrons. The fraction of sp³-hybridized carbons (Fsp3) is 1.00. The molecule has 0 saturated carbocycles. The molecule has 0 spiro atoms. The minimum Gasteiger partial charge on any atom is -0.392 e. The monoisotopic (exact) mass is 147 g/mol. The molecule has 3 heteroatoms. The van der Waals surface area contributed by atoms with Gasteiger partial charge in [0, 0.05) is 12.6 Å². The van der Waals surface area contributed by atoms with Crippen molar-refractivity contribution in [3.8, 4) is 0 Å². The number of nitrogens with one attached hydrogen (secondary N) is 1. The molecule has 1 aliphatic rings. The van der Waals surface area contributed by atoms with Crippen LogP contribution in [-0.2, 0) is 0 Å². The number of hydrogen-bond acceptors (Lipinski definition) is 3. The van der Waals surface area contributed by atoms with Gasteiger partial charge in [-0.3, -0.25) is 0 Å². The zero-order valence-electron chi connectivity index (χ0n) is 5.38. The normalized spacial score (nSPS) is 35.3. The molecule has 2 nitrogen and oxygen atoms in total. The van der Waals surface area contributed by atoms with Crippen molar-refractivity contribution in [1.29, 1.82) is 0 Å². The third kappa shape index (κ3) is 2.16. The van der Waals surface area contributed by atoms with E-state index in [1.807, 2.05) is 0 Å². The van der Waals surface area contributed by atoms with E-state index in [2.05, 4.69) is 17.9 Å². The fourth-order valence-electron chi connectivity index (χ4n) is 1.17. The van der Waals surface area contributed by atoms with Gasteiger partial charge in [0.05, 0.1) is 6.10 Å². The van der Waals surface area contributed by atoms with Gasteiger partial charge in [0.15, 0.2) is 0 Å². The maximum atomic E-state index is 9.04. The molecule has 2 atom stereocenters. The Morgan fingerprint density at radius 1 is 1.67 bits per heavy atom. The highest BCUT2D eigenvalue weighted by Gasteiger charge is 2.20. The van der Waals surface area contributed by atoms with Crippen LogP contribution in [0.1, 0.15) is 12.8 Å². The second-order valence-corrected chi connectivity index (χ2v) is 2.95. The van der Waals surface area contributed by atoms with E-state index in [0.717, 1.165) is 25.1 Å². The van der Waals surface area contributed by atoms with E-state index >= 15 is 0 Å². The van der Waals surface area contributed by atoms with Crippen LogP contribution in [0, 0.1) is 0 Å². The highest BCUT2D eigenvalue weighted by atomic mass is 32.1. The Labute approximate surface area is 61.1 Å². The Morgan fingerprint density at radius 2 is 2.44 bits per heavy atom. The third-order valence-corrected chi connectivity index (χ3v) is 1.93. The maximum Gasteiger partial charge on any atom is 0.0679 e. The number of β-amino-alcohol motifs (C(OH)–C–C–N with tert-alkyl or cyclic N) is 1. The number of aliphatic hydroxyl groups is 1. The molecule has 0 amide bonds. The van der Waals surface area contributed by atoms with Crippen molar-refractivity contribution < 1.29 is 5.11 Å². The first kappa shape index (κ1) is 7.38. The quantitative estimate of drug-likeness (QED) is 0.481. The number of hydrogen-bond donors (Lipinski definition) is 3. The summed E-state index contributed by atoms with van der Waals surface area (Å²) in [7, 11) is 0. The summed E-state index contributed by atoms with van der Waals surface area (Å²) in [5, 5.41) is 12.2. The number of rotatable bonds is 2. The standard InChI is InChI=1S/C6H13NOS/c8-6-3-5(1-2-9)7-4-6/h5-9H,1-4H2. The lowest BCUT2D eigenvalue weighted by atomic mass is 10.1. The Hall–Kier alpha value is 0.270. The molecule has 2 N–H and O–H groups in total. The smallest absolute Gasteiger partial charge is 0.0679 e. The summed E-state index contributed by atoms with van der Waals surface area (Å²) in [6, 6.07) is 0.512. The molecule has 1 saturated heterocycles. The molecule has 0 bridgehead atoms. The first-order chi connectivity index (χ1) is 4.33. The van der Waals surface area contributed by atoms with Crippen LogP contribution in [0.15, 0.2) is 0 Å². The Morgan fingerprint density at radius 3 is 2.89 bits per heavy atom. The Bertz CT molecular complexity index is 87.1. The van der Waals surface area contributed by atoms with Gasteiger partial charge in [0.1, 0.15) is 0 Å². The van der Waals surface area contributed by atoms with E-state index in [-0.39, 0.29) is 6.10 Å². The largest absolute Gasteiger partial charge is 0.392 e. The second-order valence-electron chi connectivity index (χ2n) is 2.51. The summed E-state index contributed by atoms with van der Waals surface area (Å²) < 4.78 is 0. The van der Waals surface area contributed by atoms with Gasteiger partial charge in [-0.2, -0.15) is 12.6 Å². The van der Waals surface area contributed by atoms with Gasteiger partial charge in [0.25, 0.3) is 0 Å². The average molecular weight is 147 g/mol. The van der Waals surface area contributed by atoms with Crippen LogP contribution >= 0.6 is 12.6 Å². The van der Waals surface area contributed by atoms with Crippen LogP contribution in [-0.4, -0.2) is 29.5 Å². The van der Waals surface area contributed by atoms with Crippen molar-refractivity contribution in [3.05, 3.63) is 0 Å². The highest BCUT2D eigenvalue weighted by molar-refractivity contribution is 7.80. The molecule has 1 heterocycles. The van der Waals surface area contributed by atoms with Crippen LogP contribution in [0.2, 0.25) is 0 Å². The van der Waals surface area contributed by atoms with Crippen LogP contribution in [0.25, 0.3) is 0 Å². The van der Waals surface area contributed by atoms with Crippen LogP contribution in [0.3, 0.4) is 0 Å². The number of thiol groups is 1. The van der Waals surface area contributed by atoms with Crippen molar-refractivity contribution in [2.45, 2.75) is 25.0 Å². The zero-order valence-corrected chi connectivity index (χ0v) is 6.27. The summed E-state index contributed by atoms with van der Waals surface area (Å²) in [6.45, 7) is 0.762. The minimum absolute atomic E-state index is 0.116. The molecule has 0 aromatic carbocycles. The van der Waals surface area contributed by atoms with Crippen molar-refractivity contribution in [3.63, 3.8) is 0 Å². The third-order valence-electron chi connectivity index (χ3n) is 1.68. The van der Waals surface area contributed by atoms with Gasteiger partial charge in [-0.15, -0.1) is 0 Å². The summed E-state index contributed by atoms with van der Waals surface area (Å²) >= 11 is 4.10. The molecule has 0 aromatic rings. The lowest BCUT2D eigenvalue weighted by Crippen LogP contribution is -2.21. The molecule has 1 rings (SSSR count). The van der Waals surface area contributed by atoms with Crippen LogP contribution in [0.5, 0.6) is 0 Å². The average Bonchev–Trinajstić information content (AvgIpc) is 2.17. The maximum absolute atomic E-state index is 9.04. The van der Waals surface area contributed by atoms with Crippen molar-refractivity contribution in [2.75, 3.05) is 12.3 Å². The zero-order chi connectivity index (χ0) is 6.69. The van der Waals surface area contributed by atoms with Crippen LogP contribution in [0.4, 0.5) is 0 Å². The Balaban J connectivity index is 2.14. The van der Waals surface area contributed by atoms with E-state index in [0.29, 0.717) is 6.04 Å². The molecule has 9 heavy (non-hydrogen) atoms. The van der Waals surface area contributed by atoms with Gasteiger partial charge >= 0.3 is 0 Å². The first-order valence-electron chi connectivity index (χ1n) is 3.35. The van der Waals surface area contributed by atoms with Gasteiger partial charge in [-0.05, 0) is 18.6 Å². The van der Waals surface area contributed by atoms with Gasteiger partial charge < -0.3 is 10.4 Å². The van der Waals surface area contributed by atoms with Crippen LogP contribution < -0.4 is 5.32 Å². The fourth-order valence-corrected chi connectivity index (χ4v) is 1.49. The van der Waals surface area contributed by atoms with Crippen molar-refractivity contribution in [1.82, 2.24) is 5.32 Å². The van der Waals surface area contributed by atoms with E-state index in [1.54, 1.807) is 0 Å². The molecule has 1 aliphatic heterocycles. The summed E-state index contributed by atoms with van der Waals surface area (Å²) in [5.74, 6) is 0.907. The summed E-state index contributed by atoms with van der Waals surface area (Å²) in [5.41, 5.74) is 0. The minimum atomic E-state index is -0.116. The predicted molar refractivity (Wildman–Crippen MR) is 40.9 cm³/mol.